The first-order valence-electron chi connectivity index (χ1n) is 6.32. The van der Waals surface area contributed by atoms with Crippen molar-refractivity contribution >= 4 is 11.7 Å². The number of nitrogens with zero attached hydrogens (tertiary/aromatic N) is 1. The van der Waals surface area contributed by atoms with E-state index in [4.69, 9.17) is 9.84 Å². The van der Waals surface area contributed by atoms with Crippen LogP contribution in [0.25, 0.3) is 0 Å². The van der Waals surface area contributed by atoms with Crippen molar-refractivity contribution in [2.24, 2.45) is 0 Å². The SMILES string of the molecule is CCc1ccc2c(c1)N(C)C(CCC(=O)O)CO2. The van der Waals surface area contributed by atoms with E-state index >= 15 is 0 Å². The van der Waals surface area contributed by atoms with Gasteiger partial charge in [0.05, 0.1) is 11.7 Å². The van der Waals surface area contributed by atoms with Crippen LogP contribution in [0.2, 0.25) is 0 Å². The van der Waals surface area contributed by atoms with Crippen molar-refractivity contribution in [2.75, 3.05) is 18.6 Å². The summed E-state index contributed by atoms with van der Waals surface area (Å²) in [6, 6.07) is 6.34. The topological polar surface area (TPSA) is 49.8 Å². The Labute approximate surface area is 107 Å². The van der Waals surface area contributed by atoms with Crippen LogP contribution in [0.3, 0.4) is 0 Å². The van der Waals surface area contributed by atoms with Gasteiger partial charge in [0.1, 0.15) is 12.4 Å². The molecule has 0 saturated carbocycles. The van der Waals surface area contributed by atoms with E-state index in [2.05, 4.69) is 24.0 Å². The van der Waals surface area contributed by atoms with Crippen LogP contribution < -0.4 is 9.64 Å². The molecule has 18 heavy (non-hydrogen) atoms. The van der Waals surface area contributed by atoms with Crippen molar-refractivity contribution < 1.29 is 14.6 Å². The Kier molecular flexibility index (Phi) is 3.75. The highest BCUT2D eigenvalue weighted by Crippen LogP contribution is 2.34. The summed E-state index contributed by atoms with van der Waals surface area (Å²) in [7, 11) is 2.01. The van der Waals surface area contributed by atoms with E-state index in [-0.39, 0.29) is 12.5 Å². The smallest absolute Gasteiger partial charge is 0.303 e. The van der Waals surface area contributed by atoms with Gasteiger partial charge in [-0.3, -0.25) is 4.79 Å². The van der Waals surface area contributed by atoms with Crippen molar-refractivity contribution in [1.29, 1.82) is 0 Å². The maximum Gasteiger partial charge on any atom is 0.303 e. The molecule has 4 heteroatoms. The van der Waals surface area contributed by atoms with Gasteiger partial charge >= 0.3 is 5.97 Å². The Balaban J connectivity index is 2.15. The highest BCUT2D eigenvalue weighted by Gasteiger charge is 2.25. The van der Waals surface area contributed by atoms with Crippen LogP contribution >= 0.6 is 0 Å². The predicted octanol–water partition coefficient (Wildman–Crippen LogP) is 2.31. The molecule has 1 aliphatic heterocycles. The predicted molar refractivity (Wildman–Crippen MR) is 70.4 cm³/mol. The number of anilines is 1. The van der Waals surface area contributed by atoms with Crippen LogP contribution in [0.1, 0.15) is 25.3 Å². The molecule has 0 radical (unpaired) electrons. The summed E-state index contributed by atoms with van der Waals surface area (Å²) >= 11 is 0. The molecule has 4 nitrogen and oxygen atoms in total. The molecule has 0 amide bonds. The van der Waals surface area contributed by atoms with Gasteiger partial charge in [-0.15, -0.1) is 0 Å². The van der Waals surface area contributed by atoms with E-state index in [1.165, 1.54) is 5.56 Å². The number of rotatable bonds is 4. The van der Waals surface area contributed by atoms with E-state index in [9.17, 15) is 4.79 Å². The van der Waals surface area contributed by atoms with Crippen LogP contribution in [-0.2, 0) is 11.2 Å². The summed E-state index contributed by atoms with van der Waals surface area (Å²) < 4.78 is 5.70. The van der Waals surface area contributed by atoms with Gasteiger partial charge in [0.2, 0.25) is 0 Å². The van der Waals surface area contributed by atoms with E-state index < -0.39 is 5.97 Å². The highest BCUT2D eigenvalue weighted by molar-refractivity contribution is 5.67. The fourth-order valence-electron chi connectivity index (χ4n) is 2.24. The van der Waals surface area contributed by atoms with Crippen LogP contribution in [-0.4, -0.2) is 30.8 Å². The molecule has 1 unspecified atom stereocenters. The van der Waals surface area contributed by atoms with E-state index in [1.807, 2.05) is 13.1 Å². The fourth-order valence-corrected chi connectivity index (χ4v) is 2.24. The molecule has 1 aromatic carbocycles. The van der Waals surface area contributed by atoms with Crippen LogP contribution in [0, 0.1) is 0 Å². The summed E-state index contributed by atoms with van der Waals surface area (Å²) in [4.78, 5) is 12.8. The maximum atomic E-state index is 10.6. The van der Waals surface area contributed by atoms with Gasteiger partial charge in [-0.05, 0) is 30.5 Å². The standard InChI is InChI=1S/C14H19NO3/c1-3-10-4-6-13-12(8-10)15(2)11(9-18-13)5-7-14(16)17/h4,6,8,11H,3,5,7,9H2,1-2H3,(H,16,17). The summed E-state index contributed by atoms with van der Waals surface area (Å²) in [5.74, 6) is 0.137. The largest absolute Gasteiger partial charge is 0.489 e. The normalized spacial score (nSPS) is 18.1. The highest BCUT2D eigenvalue weighted by atomic mass is 16.5. The Hall–Kier alpha value is -1.71. The fraction of sp³-hybridized carbons (Fsp3) is 0.500. The zero-order chi connectivity index (χ0) is 13.1. The number of hydrogen-bond donors (Lipinski definition) is 1. The lowest BCUT2D eigenvalue weighted by atomic mass is 10.1. The van der Waals surface area contributed by atoms with Gasteiger partial charge in [0, 0.05) is 13.5 Å². The first-order chi connectivity index (χ1) is 8.61. The molecule has 1 atom stereocenters. The number of carboxylic acid groups (broad SMARTS) is 1. The van der Waals surface area contributed by atoms with E-state index in [0.29, 0.717) is 13.0 Å². The minimum atomic E-state index is -0.753. The van der Waals surface area contributed by atoms with Crippen molar-refractivity contribution in [3.8, 4) is 5.75 Å². The van der Waals surface area contributed by atoms with Gasteiger partial charge < -0.3 is 14.7 Å². The monoisotopic (exact) mass is 249 g/mol. The lowest BCUT2D eigenvalue weighted by molar-refractivity contribution is -0.137. The molecular weight excluding hydrogens is 230 g/mol. The van der Waals surface area contributed by atoms with Crippen molar-refractivity contribution in [2.45, 2.75) is 32.2 Å². The average Bonchev–Trinajstić information content (AvgIpc) is 2.37. The van der Waals surface area contributed by atoms with Crippen LogP contribution in [0.5, 0.6) is 5.75 Å². The van der Waals surface area contributed by atoms with Gasteiger partial charge in [-0.25, -0.2) is 0 Å². The molecule has 0 fully saturated rings. The first kappa shape index (κ1) is 12.7. The number of ether oxygens (including phenoxy) is 1. The van der Waals surface area contributed by atoms with Gasteiger partial charge in [0.25, 0.3) is 0 Å². The summed E-state index contributed by atoms with van der Waals surface area (Å²) in [6.07, 6.45) is 1.78. The number of carbonyl (C=O) groups is 1. The third-order valence-electron chi connectivity index (χ3n) is 3.48. The molecule has 0 bridgehead atoms. The summed E-state index contributed by atoms with van der Waals surface area (Å²) in [5.41, 5.74) is 2.33. The second-order valence-electron chi connectivity index (χ2n) is 4.66. The van der Waals surface area contributed by atoms with Crippen molar-refractivity contribution in [1.82, 2.24) is 0 Å². The molecule has 0 saturated heterocycles. The molecule has 0 spiro atoms. The van der Waals surface area contributed by atoms with Gasteiger partial charge in [-0.1, -0.05) is 13.0 Å². The molecule has 2 rings (SSSR count). The molecule has 98 valence electrons. The van der Waals surface area contributed by atoms with Crippen LogP contribution in [0.15, 0.2) is 18.2 Å². The maximum absolute atomic E-state index is 10.6. The van der Waals surface area contributed by atoms with Gasteiger partial charge in [-0.2, -0.15) is 0 Å². The number of likely N-dealkylation sites (N-methyl/N-ethyl adjacent to an activating group) is 1. The Morgan fingerprint density at radius 1 is 1.56 bits per heavy atom. The van der Waals surface area contributed by atoms with Crippen molar-refractivity contribution in [3.63, 3.8) is 0 Å². The molecule has 0 aromatic heterocycles. The lowest BCUT2D eigenvalue weighted by Gasteiger charge is -2.36. The molecule has 1 aliphatic rings. The number of aliphatic carboxylic acids is 1. The molecule has 0 aliphatic carbocycles. The molecular formula is C14H19NO3. The molecule has 1 heterocycles. The third-order valence-corrected chi connectivity index (χ3v) is 3.48. The Morgan fingerprint density at radius 2 is 2.33 bits per heavy atom. The number of aryl methyl sites for hydroxylation is 1. The third kappa shape index (κ3) is 2.58. The molecule has 1 N–H and O–H groups in total. The van der Waals surface area contributed by atoms with E-state index in [1.54, 1.807) is 0 Å². The van der Waals surface area contributed by atoms with E-state index in [0.717, 1.165) is 17.9 Å². The van der Waals surface area contributed by atoms with Crippen molar-refractivity contribution in [3.05, 3.63) is 23.8 Å². The quantitative estimate of drug-likeness (QED) is 0.889. The summed E-state index contributed by atoms with van der Waals surface area (Å²) in [6.45, 7) is 2.68. The minimum absolute atomic E-state index is 0.140. The molecule has 1 aromatic rings. The summed E-state index contributed by atoms with van der Waals surface area (Å²) in [5, 5.41) is 8.75. The zero-order valence-corrected chi connectivity index (χ0v) is 10.8. The Bertz CT molecular complexity index is 445. The average molecular weight is 249 g/mol. The number of benzene rings is 1. The second kappa shape index (κ2) is 5.29. The van der Waals surface area contributed by atoms with Gasteiger partial charge in [0.15, 0.2) is 0 Å². The number of carboxylic acids is 1. The minimum Gasteiger partial charge on any atom is -0.489 e. The first-order valence-corrected chi connectivity index (χ1v) is 6.32. The zero-order valence-electron chi connectivity index (χ0n) is 10.8. The number of fused-ring (bicyclic) bond motifs is 1. The second-order valence-corrected chi connectivity index (χ2v) is 4.66. The number of hydrogen-bond acceptors (Lipinski definition) is 3. The lowest BCUT2D eigenvalue weighted by Crippen LogP contribution is -2.40. The Morgan fingerprint density at radius 3 is 3.00 bits per heavy atom. The van der Waals surface area contributed by atoms with Crippen LogP contribution in [0.4, 0.5) is 5.69 Å².